The van der Waals surface area contributed by atoms with Crippen LogP contribution in [0.2, 0.25) is 0 Å². The fraction of sp³-hybridized carbons (Fsp3) is 0.500. The van der Waals surface area contributed by atoms with Crippen molar-refractivity contribution in [1.29, 1.82) is 0 Å². The molecule has 0 aromatic carbocycles. The Balaban J connectivity index is 2.54. The second-order valence-corrected chi connectivity index (χ2v) is 6.55. The van der Waals surface area contributed by atoms with Gasteiger partial charge in [-0.05, 0) is 25.3 Å². The van der Waals surface area contributed by atoms with Crippen molar-refractivity contribution in [3.8, 4) is 0 Å². The van der Waals surface area contributed by atoms with E-state index in [4.69, 9.17) is 10.2 Å². The van der Waals surface area contributed by atoms with E-state index >= 15 is 0 Å². The Kier molecular flexibility index (Phi) is 5.73. The highest BCUT2D eigenvalue weighted by Crippen LogP contribution is 2.20. The number of carboxylic acid groups (broad SMARTS) is 1. The van der Waals surface area contributed by atoms with E-state index in [0.29, 0.717) is 12.8 Å². The van der Waals surface area contributed by atoms with Crippen LogP contribution in [0.25, 0.3) is 0 Å². The third-order valence-electron chi connectivity index (χ3n) is 2.21. The summed E-state index contributed by atoms with van der Waals surface area (Å²) in [6, 6.07) is 1.14. The number of carbonyl (C=O) groups is 1. The molecule has 6 nitrogen and oxygen atoms in total. The number of aliphatic hydroxyl groups excluding tert-OH is 1. The molecule has 0 aliphatic carbocycles. The quantitative estimate of drug-likeness (QED) is 0.617. The maximum atomic E-state index is 11.8. The largest absolute Gasteiger partial charge is 0.478 e. The van der Waals surface area contributed by atoms with Crippen molar-refractivity contribution in [3.05, 3.63) is 17.0 Å². The lowest BCUT2D eigenvalue weighted by molar-refractivity contribution is 0.0697. The summed E-state index contributed by atoms with van der Waals surface area (Å²) in [5.41, 5.74) is -0.0272. The van der Waals surface area contributed by atoms with E-state index < -0.39 is 16.0 Å². The number of aliphatic hydroxyl groups is 1. The number of aromatic carboxylic acids is 1. The Morgan fingerprint density at radius 2 is 2.06 bits per heavy atom. The van der Waals surface area contributed by atoms with Gasteiger partial charge in [-0.15, -0.1) is 11.3 Å². The summed E-state index contributed by atoms with van der Waals surface area (Å²) >= 11 is 0.882. The van der Waals surface area contributed by atoms with Crippen molar-refractivity contribution in [2.24, 2.45) is 0 Å². The first-order valence-electron chi connectivity index (χ1n) is 5.39. The van der Waals surface area contributed by atoms with Crippen LogP contribution in [0, 0.1) is 0 Å². The average molecular weight is 293 g/mol. The molecule has 0 bridgehead atoms. The van der Waals surface area contributed by atoms with E-state index in [-0.39, 0.29) is 22.9 Å². The van der Waals surface area contributed by atoms with E-state index in [1.807, 2.05) is 0 Å². The van der Waals surface area contributed by atoms with Gasteiger partial charge in [0.05, 0.1) is 5.56 Å². The number of hydrogen-bond acceptors (Lipinski definition) is 5. The van der Waals surface area contributed by atoms with Crippen LogP contribution < -0.4 is 4.72 Å². The van der Waals surface area contributed by atoms with Crippen LogP contribution in [0.1, 0.15) is 29.6 Å². The molecule has 0 fully saturated rings. The lowest BCUT2D eigenvalue weighted by Crippen LogP contribution is -2.24. The second-order valence-electron chi connectivity index (χ2n) is 3.64. The maximum Gasteiger partial charge on any atom is 0.336 e. The first kappa shape index (κ1) is 15.1. The molecule has 0 unspecified atom stereocenters. The Hall–Kier alpha value is -0.960. The van der Waals surface area contributed by atoms with Gasteiger partial charge in [-0.25, -0.2) is 17.9 Å². The van der Waals surface area contributed by atoms with E-state index in [1.54, 1.807) is 0 Å². The predicted molar refractivity (Wildman–Crippen MR) is 67.4 cm³/mol. The van der Waals surface area contributed by atoms with Crippen molar-refractivity contribution in [1.82, 2.24) is 4.72 Å². The summed E-state index contributed by atoms with van der Waals surface area (Å²) in [4.78, 5) is 10.6. The zero-order valence-electron chi connectivity index (χ0n) is 9.63. The molecule has 8 heteroatoms. The van der Waals surface area contributed by atoms with Crippen LogP contribution >= 0.6 is 11.3 Å². The standard InChI is InChI=1S/C10H15NO5S2/c12-5-3-1-2-4-11-18(15,16)9-6-8(7-17-9)10(13)14/h6-7,11-12H,1-5H2,(H,13,14). The van der Waals surface area contributed by atoms with Crippen molar-refractivity contribution in [2.75, 3.05) is 13.2 Å². The molecule has 0 amide bonds. The van der Waals surface area contributed by atoms with Crippen LogP contribution in [0.4, 0.5) is 0 Å². The van der Waals surface area contributed by atoms with Crippen molar-refractivity contribution in [3.63, 3.8) is 0 Å². The van der Waals surface area contributed by atoms with Gasteiger partial charge in [-0.3, -0.25) is 0 Å². The number of nitrogens with one attached hydrogen (secondary N) is 1. The van der Waals surface area contributed by atoms with Gasteiger partial charge in [0.2, 0.25) is 10.0 Å². The first-order chi connectivity index (χ1) is 8.47. The zero-order valence-corrected chi connectivity index (χ0v) is 11.3. The van der Waals surface area contributed by atoms with Crippen LogP contribution in [0.5, 0.6) is 0 Å². The van der Waals surface area contributed by atoms with E-state index in [0.717, 1.165) is 23.8 Å². The molecular weight excluding hydrogens is 278 g/mol. The van der Waals surface area contributed by atoms with Crippen LogP contribution in [0.3, 0.4) is 0 Å². The molecule has 102 valence electrons. The van der Waals surface area contributed by atoms with E-state index in [9.17, 15) is 13.2 Å². The van der Waals surface area contributed by atoms with Gasteiger partial charge in [-0.1, -0.05) is 0 Å². The summed E-state index contributed by atoms with van der Waals surface area (Å²) in [7, 11) is -3.62. The predicted octanol–water partition coefficient (Wildman–Crippen LogP) is 0.887. The van der Waals surface area contributed by atoms with Gasteiger partial charge in [-0.2, -0.15) is 0 Å². The topological polar surface area (TPSA) is 104 Å². The monoisotopic (exact) mass is 293 g/mol. The summed E-state index contributed by atoms with van der Waals surface area (Å²) < 4.78 is 25.9. The Morgan fingerprint density at radius 1 is 1.33 bits per heavy atom. The molecule has 0 spiro atoms. The summed E-state index contributed by atoms with van der Waals surface area (Å²) in [6.45, 7) is 0.377. The van der Waals surface area contributed by atoms with E-state index in [2.05, 4.69) is 4.72 Å². The van der Waals surface area contributed by atoms with Crippen molar-refractivity contribution >= 4 is 27.3 Å². The number of carboxylic acids is 1. The van der Waals surface area contributed by atoms with Crippen LogP contribution in [-0.2, 0) is 10.0 Å². The molecule has 18 heavy (non-hydrogen) atoms. The van der Waals surface area contributed by atoms with Crippen molar-refractivity contribution < 1.29 is 23.4 Å². The number of sulfonamides is 1. The van der Waals surface area contributed by atoms with Crippen molar-refractivity contribution in [2.45, 2.75) is 23.5 Å². The first-order valence-corrected chi connectivity index (χ1v) is 7.76. The lowest BCUT2D eigenvalue weighted by atomic mass is 10.2. The van der Waals surface area contributed by atoms with Gasteiger partial charge in [0.15, 0.2) is 0 Å². The minimum Gasteiger partial charge on any atom is -0.478 e. The molecular formula is C10H15NO5S2. The van der Waals surface area contributed by atoms with Crippen LogP contribution in [-0.4, -0.2) is 37.8 Å². The fourth-order valence-corrected chi connectivity index (χ4v) is 3.53. The summed E-state index contributed by atoms with van der Waals surface area (Å²) in [5, 5.41) is 18.6. The highest BCUT2D eigenvalue weighted by Gasteiger charge is 2.18. The number of hydrogen-bond donors (Lipinski definition) is 3. The summed E-state index contributed by atoms with van der Waals surface area (Å²) in [5.74, 6) is -1.14. The minimum absolute atomic E-state index is 0.00191. The molecule has 0 saturated heterocycles. The molecule has 1 aromatic heterocycles. The maximum absolute atomic E-state index is 11.8. The SMILES string of the molecule is O=C(O)c1csc(S(=O)(=O)NCCCCCO)c1. The average Bonchev–Trinajstić information content (AvgIpc) is 2.78. The molecule has 0 radical (unpaired) electrons. The van der Waals surface area contributed by atoms with Gasteiger partial charge in [0.1, 0.15) is 4.21 Å². The minimum atomic E-state index is -3.62. The summed E-state index contributed by atoms with van der Waals surface area (Å²) in [6.07, 6.45) is 2.02. The smallest absolute Gasteiger partial charge is 0.336 e. The Bertz CT molecular complexity index is 494. The molecule has 0 aliphatic rings. The Morgan fingerprint density at radius 3 is 2.61 bits per heavy atom. The number of unbranched alkanes of at least 4 members (excludes halogenated alkanes) is 2. The third kappa shape index (κ3) is 4.37. The molecule has 1 rings (SSSR count). The Labute approximate surface area is 109 Å². The molecule has 1 aromatic rings. The lowest BCUT2D eigenvalue weighted by Gasteiger charge is -2.03. The van der Waals surface area contributed by atoms with Gasteiger partial charge in [0, 0.05) is 18.5 Å². The van der Waals surface area contributed by atoms with Crippen LogP contribution in [0.15, 0.2) is 15.7 Å². The molecule has 0 aliphatic heterocycles. The molecule has 1 heterocycles. The number of thiophene rings is 1. The zero-order chi connectivity index (χ0) is 13.6. The normalized spacial score (nSPS) is 11.6. The molecule has 3 N–H and O–H groups in total. The highest BCUT2D eigenvalue weighted by molar-refractivity contribution is 7.91. The second kappa shape index (κ2) is 6.83. The third-order valence-corrected chi connectivity index (χ3v) is 5.11. The van der Waals surface area contributed by atoms with E-state index in [1.165, 1.54) is 5.38 Å². The molecule has 0 saturated carbocycles. The highest BCUT2D eigenvalue weighted by atomic mass is 32.2. The van der Waals surface area contributed by atoms with Gasteiger partial charge < -0.3 is 10.2 Å². The van der Waals surface area contributed by atoms with Gasteiger partial charge in [0.25, 0.3) is 0 Å². The fourth-order valence-electron chi connectivity index (χ4n) is 1.26. The number of rotatable bonds is 8. The molecule has 0 atom stereocenters. The van der Waals surface area contributed by atoms with Gasteiger partial charge >= 0.3 is 5.97 Å².